The maximum absolute atomic E-state index is 12.8. The number of hydrogen-bond donors (Lipinski definition) is 1. The maximum Gasteiger partial charge on any atom is 0.255 e. The number of nitrogens with one attached hydrogen (secondary N) is 1. The molecule has 0 radical (unpaired) electrons. The van der Waals surface area contributed by atoms with Crippen molar-refractivity contribution in [3.63, 3.8) is 0 Å². The Bertz CT molecular complexity index is 872. The first kappa shape index (κ1) is 21.2. The quantitative estimate of drug-likeness (QED) is 0.767. The fourth-order valence-electron chi connectivity index (χ4n) is 3.52. The fraction of sp³-hybridized carbons (Fsp3) is 0.391. The number of amides is 2. The van der Waals surface area contributed by atoms with E-state index < -0.39 is 0 Å². The van der Waals surface area contributed by atoms with Crippen LogP contribution in [0.2, 0.25) is 5.02 Å². The van der Waals surface area contributed by atoms with Crippen molar-refractivity contribution >= 4 is 34.8 Å². The summed E-state index contributed by atoms with van der Waals surface area (Å²) in [5.74, 6) is 0.438. The number of carbonyl (C=O) groups excluding carboxylic acids is 2. The van der Waals surface area contributed by atoms with Crippen molar-refractivity contribution in [3.8, 4) is 0 Å². The molecule has 6 heteroatoms. The van der Waals surface area contributed by atoms with Crippen molar-refractivity contribution in [1.82, 2.24) is 4.90 Å². The predicted molar refractivity (Wildman–Crippen MR) is 119 cm³/mol. The molecule has 2 amide bonds. The molecule has 0 aromatic heterocycles. The lowest BCUT2D eigenvalue weighted by Crippen LogP contribution is -2.48. The molecule has 2 aromatic rings. The molecule has 1 fully saturated rings. The third-order valence-electron chi connectivity index (χ3n) is 5.32. The van der Waals surface area contributed by atoms with Crippen molar-refractivity contribution < 1.29 is 9.59 Å². The molecule has 3 rings (SSSR count). The summed E-state index contributed by atoms with van der Waals surface area (Å²) in [6.07, 6.45) is 0.526. The first-order valence-corrected chi connectivity index (χ1v) is 10.5. The van der Waals surface area contributed by atoms with Gasteiger partial charge < -0.3 is 15.1 Å². The maximum atomic E-state index is 12.8. The van der Waals surface area contributed by atoms with Crippen molar-refractivity contribution in [1.29, 1.82) is 0 Å². The zero-order valence-electron chi connectivity index (χ0n) is 17.2. The fourth-order valence-corrected chi connectivity index (χ4v) is 3.69. The molecule has 0 atom stereocenters. The number of halogens is 1. The largest absolute Gasteiger partial charge is 0.366 e. The van der Waals surface area contributed by atoms with Crippen LogP contribution in [0.25, 0.3) is 0 Å². The van der Waals surface area contributed by atoms with Gasteiger partial charge in [-0.1, -0.05) is 44.5 Å². The smallest absolute Gasteiger partial charge is 0.255 e. The van der Waals surface area contributed by atoms with E-state index in [4.69, 9.17) is 11.6 Å². The Kier molecular flexibility index (Phi) is 6.80. The Morgan fingerprint density at radius 2 is 1.69 bits per heavy atom. The molecular weight excluding hydrogens is 386 g/mol. The number of piperazine rings is 1. The van der Waals surface area contributed by atoms with E-state index in [2.05, 4.69) is 24.1 Å². The minimum atomic E-state index is -0.163. The van der Waals surface area contributed by atoms with Gasteiger partial charge in [0.25, 0.3) is 5.91 Å². The average Bonchev–Trinajstić information content (AvgIpc) is 2.73. The normalized spacial score (nSPS) is 14.2. The number of hydrogen-bond acceptors (Lipinski definition) is 3. The highest BCUT2D eigenvalue weighted by molar-refractivity contribution is 6.31. The number of nitrogens with zero attached hydrogens (tertiary/aromatic N) is 2. The molecule has 0 spiro atoms. The van der Waals surface area contributed by atoms with Gasteiger partial charge in [-0.2, -0.15) is 0 Å². The second kappa shape index (κ2) is 9.31. The molecule has 2 aromatic carbocycles. The molecule has 0 bridgehead atoms. The van der Waals surface area contributed by atoms with Gasteiger partial charge in [-0.05, 0) is 41.8 Å². The molecular formula is C23H28ClN3O2. The van der Waals surface area contributed by atoms with Crippen LogP contribution in [0.15, 0.2) is 42.5 Å². The Hall–Kier alpha value is -2.53. The Morgan fingerprint density at radius 1 is 1.03 bits per heavy atom. The third-order valence-corrected chi connectivity index (χ3v) is 5.56. The van der Waals surface area contributed by atoms with Gasteiger partial charge in [0.05, 0.1) is 11.4 Å². The van der Waals surface area contributed by atoms with Gasteiger partial charge in [-0.3, -0.25) is 9.59 Å². The van der Waals surface area contributed by atoms with Crippen LogP contribution in [-0.4, -0.2) is 42.9 Å². The molecule has 1 heterocycles. The predicted octanol–water partition coefficient (Wildman–Crippen LogP) is 4.77. The Morgan fingerprint density at radius 3 is 2.28 bits per heavy atom. The second-order valence-corrected chi connectivity index (χ2v) is 8.05. The molecule has 0 saturated carbocycles. The Balaban J connectivity index is 1.75. The van der Waals surface area contributed by atoms with E-state index in [1.54, 1.807) is 6.07 Å². The van der Waals surface area contributed by atoms with E-state index in [1.165, 1.54) is 5.56 Å². The topological polar surface area (TPSA) is 52.7 Å². The van der Waals surface area contributed by atoms with Crippen LogP contribution in [-0.2, 0) is 4.79 Å². The number of rotatable bonds is 5. The minimum Gasteiger partial charge on any atom is -0.366 e. The zero-order valence-corrected chi connectivity index (χ0v) is 18.0. The molecule has 1 aliphatic rings. The van der Waals surface area contributed by atoms with Crippen molar-refractivity contribution in [2.24, 2.45) is 0 Å². The minimum absolute atomic E-state index is 0.163. The second-order valence-electron chi connectivity index (χ2n) is 7.61. The van der Waals surface area contributed by atoms with Crippen molar-refractivity contribution in [2.75, 3.05) is 36.4 Å². The highest BCUT2D eigenvalue weighted by atomic mass is 35.5. The van der Waals surface area contributed by atoms with E-state index in [0.29, 0.717) is 41.7 Å². The molecule has 1 saturated heterocycles. The van der Waals surface area contributed by atoms with Crippen LogP contribution in [0.5, 0.6) is 0 Å². The summed E-state index contributed by atoms with van der Waals surface area (Å²) in [5.41, 5.74) is 3.42. The third kappa shape index (κ3) is 5.10. The van der Waals surface area contributed by atoms with E-state index in [-0.39, 0.29) is 11.8 Å². The molecule has 0 aliphatic carbocycles. The van der Waals surface area contributed by atoms with Crippen molar-refractivity contribution in [2.45, 2.75) is 33.1 Å². The van der Waals surface area contributed by atoms with Crippen LogP contribution in [0, 0.1) is 0 Å². The van der Waals surface area contributed by atoms with Crippen molar-refractivity contribution in [3.05, 3.63) is 58.6 Å². The summed E-state index contributed by atoms with van der Waals surface area (Å²) in [6, 6.07) is 13.2. The summed E-state index contributed by atoms with van der Waals surface area (Å²) in [5, 5.41) is 3.58. The van der Waals surface area contributed by atoms with Crippen LogP contribution >= 0.6 is 11.6 Å². The van der Waals surface area contributed by atoms with Gasteiger partial charge in [0, 0.05) is 43.2 Å². The summed E-state index contributed by atoms with van der Waals surface area (Å²) in [7, 11) is 0. The molecule has 154 valence electrons. The standard InChI is InChI=1S/C23H28ClN3O2/c1-4-22(28)27-13-11-26(12-14-27)21-10-9-19(24)15-20(21)25-23(29)18-7-5-17(6-8-18)16(2)3/h5-10,15-16H,4,11-14H2,1-3H3,(H,25,29). The SMILES string of the molecule is CCC(=O)N1CCN(c2ccc(Cl)cc2NC(=O)c2ccc(C(C)C)cc2)CC1. The molecule has 1 N–H and O–H groups in total. The molecule has 0 unspecified atom stereocenters. The lowest BCUT2D eigenvalue weighted by Gasteiger charge is -2.37. The first-order valence-electron chi connectivity index (χ1n) is 10.1. The van der Waals surface area contributed by atoms with Crippen LogP contribution in [0.1, 0.15) is 49.0 Å². The monoisotopic (exact) mass is 413 g/mol. The number of benzene rings is 2. The molecule has 1 aliphatic heterocycles. The number of anilines is 2. The van der Waals surface area contributed by atoms with E-state index >= 15 is 0 Å². The Labute approximate surface area is 177 Å². The average molecular weight is 414 g/mol. The summed E-state index contributed by atoms with van der Waals surface area (Å²) < 4.78 is 0. The summed E-state index contributed by atoms with van der Waals surface area (Å²) >= 11 is 6.20. The lowest BCUT2D eigenvalue weighted by molar-refractivity contribution is -0.131. The first-order chi connectivity index (χ1) is 13.9. The van der Waals surface area contributed by atoms with Gasteiger partial charge in [0.2, 0.25) is 5.91 Å². The van der Waals surface area contributed by atoms with Crippen LogP contribution in [0.4, 0.5) is 11.4 Å². The van der Waals surface area contributed by atoms with Gasteiger partial charge in [-0.15, -0.1) is 0 Å². The van der Waals surface area contributed by atoms with Gasteiger partial charge in [0.15, 0.2) is 0 Å². The van der Waals surface area contributed by atoms with Gasteiger partial charge in [-0.25, -0.2) is 0 Å². The highest BCUT2D eigenvalue weighted by Crippen LogP contribution is 2.30. The molecule has 5 nitrogen and oxygen atoms in total. The zero-order chi connectivity index (χ0) is 21.0. The van der Waals surface area contributed by atoms with Gasteiger partial charge in [0.1, 0.15) is 0 Å². The van der Waals surface area contributed by atoms with Crippen LogP contribution in [0.3, 0.4) is 0 Å². The lowest BCUT2D eigenvalue weighted by atomic mass is 10.0. The van der Waals surface area contributed by atoms with E-state index in [1.807, 2.05) is 48.2 Å². The van der Waals surface area contributed by atoms with Crippen LogP contribution < -0.4 is 10.2 Å². The van der Waals surface area contributed by atoms with E-state index in [9.17, 15) is 9.59 Å². The number of carbonyl (C=O) groups is 2. The highest BCUT2D eigenvalue weighted by Gasteiger charge is 2.22. The summed E-state index contributed by atoms with van der Waals surface area (Å²) in [6.45, 7) is 8.94. The molecule has 29 heavy (non-hydrogen) atoms. The van der Waals surface area contributed by atoms with E-state index in [0.717, 1.165) is 18.8 Å². The summed E-state index contributed by atoms with van der Waals surface area (Å²) in [4.78, 5) is 28.8. The van der Waals surface area contributed by atoms with Gasteiger partial charge >= 0.3 is 0 Å².